The zero-order chi connectivity index (χ0) is 19.5. The van der Waals surface area contributed by atoms with Gasteiger partial charge in [0.1, 0.15) is 0 Å². The minimum absolute atomic E-state index is 0.396. The van der Waals surface area contributed by atoms with Gasteiger partial charge in [-0.15, -0.1) is 5.10 Å². The van der Waals surface area contributed by atoms with Gasteiger partial charge in [0.2, 0.25) is 5.95 Å². The highest BCUT2D eigenvalue weighted by molar-refractivity contribution is 5.64. The Morgan fingerprint density at radius 1 is 1.18 bits per heavy atom. The number of nitrogens with zero attached hydrogens (tertiary/aromatic N) is 6. The molecule has 28 heavy (non-hydrogen) atoms. The minimum atomic E-state index is 0.396. The summed E-state index contributed by atoms with van der Waals surface area (Å²) < 4.78 is 1.82. The largest absolute Gasteiger partial charge is 0.381 e. The van der Waals surface area contributed by atoms with Crippen LogP contribution in [0.5, 0.6) is 0 Å². The number of aromatic nitrogens is 4. The normalized spacial score (nSPS) is 15.9. The third-order valence-electron chi connectivity index (χ3n) is 5.24. The maximum atomic E-state index is 6.04. The van der Waals surface area contributed by atoms with Gasteiger partial charge in [-0.05, 0) is 51.1 Å². The average molecular weight is 381 g/mol. The molecule has 1 aliphatic rings. The molecule has 148 valence electrons. The highest BCUT2D eigenvalue weighted by atomic mass is 15.4. The first-order valence-corrected chi connectivity index (χ1v) is 9.83. The fourth-order valence-corrected chi connectivity index (χ4v) is 3.57. The Labute approximate surface area is 165 Å². The second kappa shape index (κ2) is 8.12. The van der Waals surface area contributed by atoms with E-state index >= 15 is 0 Å². The molecule has 2 aromatic heterocycles. The molecule has 1 fully saturated rings. The smallest absolute Gasteiger partial charge is 0.247 e. The summed E-state index contributed by atoms with van der Waals surface area (Å²) in [6.45, 7) is 7.71. The molecule has 8 heteroatoms. The van der Waals surface area contributed by atoms with E-state index in [2.05, 4.69) is 56.3 Å². The molecule has 0 atom stereocenters. The van der Waals surface area contributed by atoms with E-state index in [1.165, 1.54) is 5.56 Å². The topological polar surface area (TPSA) is 87.6 Å². The molecule has 8 nitrogen and oxygen atoms in total. The standard InChI is InChI=1S/C20H28N8/c1-15-5-3-6-16(13-15)23-20-24-19-18(21)22-14-17(28(19)25-20)7-4-8-27-11-9-26(2)10-12-27/h3,5-6,13-14H,4,7-12H2,1-2H3,(H2,21,22)(H,23,25). The number of hydrogen-bond donors (Lipinski definition) is 2. The summed E-state index contributed by atoms with van der Waals surface area (Å²) in [5, 5.41) is 7.89. The maximum absolute atomic E-state index is 6.04. The molecule has 0 aliphatic carbocycles. The van der Waals surface area contributed by atoms with E-state index in [-0.39, 0.29) is 0 Å². The van der Waals surface area contributed by atoms with Crippen molar-refractivity contribution >= 4 is 23.1 Å². The lowest BCUT2D eigenvalue weighted by molar-refractivity contribution is 0.153. The van der Waals surface area contributed by atoms with Gasteiger partial charge in [-0.2, -0.15) is 4.98 Å². The highest BCUT2D eigenvalue weighted by Crippen LogP contribution is 2.19. The van der Waals surface area contributed by atoms with Crippen LogP contribution in [0.1, 0.15) is 17.7 Å². The summed E-state index contributed by atoms with van der Waals surface area (Å²) in [4.78, 5) is 13.8. The SMILES string of the molecule is Cc1cccc(Nc2nc3c(N)ncc(CCCN4CCN(C)CC4)n3n2)c1. The number of anilines is 3. The van der Waals surface area contributed by atoms with Crippen molar-refractivity contribution in [2.75, 3.05) is 50.8 Å². The molecule has 3 N–H and O–H groups in total. The predicted octanol–water partition coefficient (Wildman–Crippen LogP) is 1.94. The first kappa shape index (κ1) is 18.6. The number of nitrogens with two attached hydrogens (primary N) is 1. The summed E-state index contributed by atoms with van der Waals surface area (Å²) in [5.74, 6) is 0.929. The summed E-state index contributed by atoms with van der Waals surface area (Å²) in [6.07, 6.45) is 3.77. The van der Waals surface area contributed by atoms with Gasteiger partial charge < -0.3 is 20.9 Å². The van der Waals surface area contributed by atoms with Gasteiger partial charge in [0.15, 0.2) is 11.5 Å². The van der Waals surface area contributed by atoms with Crippen LogP contribution in [0.15, 0.2) is 30.5 Å². The van der Waals surface area contributed by atoms with Crippen LogP contribution >= 0.6 is 0 Å². The van der Waals surface area contributed by atoms with Crippen LogP contribution in [-0.2, 0) is 6.42 Å². The fraction of sp³-hybridized carbons (Fsp3) is 0.450. The molecule has 1 aliphatic heterocycles. The van der Waals surface area contributed by atoms with Crippen LogP contribution in [0.2, 0.25) is 0 Å². The van der Waals surface area contributed by atoms with Gasteiger partial charge in [0.05, 0.1) is 11.9 Å². The lowest BCUT2D eigenvalue weighted by Gasteiger charge is -2.32. The zero-order valence-electron chi connectivity index (χ0n) is 16.6. The van der Waals surface area contributed by atoms with Crippen molar-refractivity contribution in [3.8, 4) is 0 Å². The molecule has 0 amide bonds. The molecule has 0 saturated carbocycles. The molecular weight excluding hydrogens is 352 g/mol. The quantitative estimate of drug-likeness (QED) is 0.676. The number of likely N-dealkylation sites (N-methyl/N-ethyl adjacent to an activating group) is 1. The Hall–Kier alpha value is -2.71. The van der Waals surface area contributed by atoms with Gasteiger partial charge in [-0.25, -0.2) is 9.50 Å². The van der Waals surface area contributed by atoms with Crippen molar-refractivity contribution in [2.45, 2.75) is 19.8 Å². The third kappa shape index (κ3) is 4.23. The predicted molar refractivity (Wildman–Crippen MR) is 112 cm³/mol. The second-order valence-electron chi connectivity index (χ2n) is 7.55. The van der Waals surface area contributed by atoms with Crippen molar-refractivity contribution < 1.29 is 0 Å². The lowest BCUT2D eigenvalue weighted by atomic mass is 10.2. The molecule has 3 aromatic rings. The molecule has 3 heterocycles. The summed E-state index contributed by atoms with van der Waals surface area (Å²) in [5.41, 5.74) is 9.81. The first-order valence-electron chi connectivity index (χ1n) is 9.83. The molecule has 4 rings (SSSR count). The Balaban J connectivity index is 1.46. The van der Waals surface area contributed by atoms with Crippen LogP contribution in [0.4, 0.5) is 17.5 Å². The fourth-order valence-electron chi connectivity index (χ4n) is 3.57. The third-order valence-corrected chi connectivity index (χ3v) is 5.24. The van der Waals surface area contributed by atoms with Gasteiger partial charge in [-0.3, -0.25) is 0 Å². The molecule has 0 radical (unpaired) electrons. The molecule has 1 aromatic carbocycles. The van der Waals surface area contributed by atoms with E-state index < -0.39 is 0 Å². The van der Waals surface area contributed by atoms with Gasteiger partial charge in [-0.1, -0.05) is 12.1 Å². The van der Waals surface area contributed by atoms with Crippen LogP contribution in [0, 0.1) is 6.92 Å². The summed E-state index contributed by atoms with van der Waals surface area (Å²) in [6, 6.07) is 8.12. The number of rotatable bonds is 6. The van der Waals surface area contributed by atoms with Crippen LogP contribution in [0.25, 0.3) is 5.65 Å². The second-order valence-corrected chi connectivity index (χ2v) is 7.55. The van der Waals surface area contributed by atoms with Crippen LogP contribution in [-0.4, -0.2) is 69.2 Å². The van der Waals surface area contributed by atoms with E-state index in [0.29, 0.717) is 17.4 Å². The minimum Gasteiger partial charge on any atom is -0.381 e. The molecule has 0 spiro atoms. The van der Waals surface area contributed by atoms with Crippen molar-refractivity contribution in [3.05, 3.63) is 41.7 Å². The van der Waals surface area contributed by atoms with Crippen molar-refractivity contribution in [3.63, 3.8) is 0 Å². The summed E-state index contributed by atoms with van der Waals surface area (Å²) >= 11 is 0. The van der Waals surface area contributed by atoms with Gasteiger partial charge in [0, 0.05) is 31.9 Å². The number of nitrogen functional groups attached to an aromatic ring is 1. The van der Waals surface area contributed by atoms with E-state index in [1.54, 1.807) is 0 Å². The lowest BCUT2D eigenvalue weighted by Crippen LogP contribution is -2.44. The van der Waals surface area contributed by atoms with E-state index in [0.717, 1.165) is 56.9 Å². The Morgan fingerprint density at radius 2 is 2.00 bits per heavy atom. The van der Waals surface area contributed by atoms with Crippen LogP contribution < -0.4 is 11.1 Å². The Bertz CT molecular complexity index is 943. The monoisotopic (exact) mass is 380 g/mol. The zero-order valence-corrected chi connectivity index (χ0v) is 16.6. The number of fused-ring (bicyclic) bond motifs is 1. The van der Waals surface area contributed by atoms with E-state index in [1.807, 2.05) is 22.8 Å². The highest BCUT2D eigenvalue weighted by Gasteiger charge is 2.15. The van der Waals surface area contributed by atoms with E-state index in [4.69, 9.17) is 5.73 Å². The maximum Gasteiger partial charge on any atom is 0.247 e. The number of aryl methyl sites for hydroxylation is 2. The first-order chi connectivity index (χ1) is 13.6. The Kier molecular flexibility index (Phi) is 5.40. The number of piperazine rings is 1. The molecular formula is C20H28N8. The average Bonchev–Trinajstić information content (AvgIpc) is 3.10. The summed E-state index contributed by atoms with van der Waals surface area (Å²) in [7, 11) is 2.18. The molecule has 0 unspecified atom stereocenters. The van der Waals surface area contributed by atoms with Gasteiger partial charge in [0.25, 0.3) is 0 Å². The van der Waals surface area contributed by atoms with E-state index in [9.17, 15) is 0 Å². The van der Waals surface area contributed by atoms with Crippen molar-refractivity contribution in [1.29, 1.82) is 0 Å². The van der Waals surface area contributed by atoms with Gasteiger partial charge >= 0.3 is 0 Å². The van der Waals surface area contributed by atoms with Crippen molar-refractivity contribution in [1.82, 2.24) is 29.4 Å². The molecule has 0 bridgehead atoms. The number of nitrogens with one attached hydrogen (secondary N) is 1. The van der Waals surface area contributed by atoms with Crippen LogP contribution in [0.3, 0.4) is 0 Å². The Morgan fingerprint density at radius 3 is 2.79 bits per heavy atom. The molecule has 1 saturated heterocycles. The van der Waals surface area contributed by atoms with Crippen molar-refractivity contribution in [2.24, 2.45) is 0 Å². The number of hydrogen-bond acceptors (Lipinski definition) is 7. The number of benzene rings is 1.